The van der Waals surface area contributed by atoms with Crippen molar-refractivity contribution in [3.63, 3.8) is 0 Å². The summed E-state index contributed by atoms with van der Waals surface area (Å²) in [6, 6.07) is 3.04. The number of carboxylic acids is 1. The van der Waals surface area contributed by atoms with E-state index < -0.39 is 11.9 Å². The van der Waals surface area contributed by atoms with Crippen molar-refractivity contribution in [3.8, 4) is 0 Å². The second kappa shape index (κ2) is 4.66. The Bertz CT molecular complexity index is 554. The third kappa shape index (κ3) is 2.42. The van der Waals surface area contributed by atoms with Gasteiger partial charge in [0, 0.05) is 29.5 Å². The van der Waals surface area contributed by atoms with E-state index in [9.17, 15) is 9.59 Å². The number of carbonyl (C=O) groups is 2. The summed E-state index contributed by atoms with van der Waals surface area (Å²) in [5, 5.41) is 14.7. The molecule has 0 radical (unpaired) electrons. The van der Waals surface area contributed by atoms with Crippen LogP contribution >= 0.6 is 11.5 Å². The highest BCUT2D eigenvalue weighted by atomic mass is 32.1. The lowest BCUT2D eigenvalue weighted by Gasteiger charge is -2.01. The molecule has 7 nitrogen and oxygen atoms in total. The van der Waals surface area contributed by atoms with Gasteiger partial charge in [-0.2, -0.15) is 0 Å². The second-order valence-corrected chi connectivity index (χ2v) is 3.70. The van der Waals surface area contributed by atoms with E-state index in [1.54, 1.807) is 0 Å². The Balaban J connectivity index is 2.19. The van der Waals surface area contributed by atoms with Crippen molar-refractivity contribution in [3.05, 3.63) is 35.8 Å². The molecule has 2 aromatic rings. The molecule has 0 atom stereocenters. The second-order valence-electron chi connectivity index (χ2n) is 2.95. The fourth-order valence-electron chi connectivity index (χ4n) is 1.09. The molecule has 0 aliphatic rings. The van der Waals surface area contributed by atoms with Crippen LogP contribution in [0.25, 0.3) is 0 Å². The van der Waals surface area contributed by atoms with Crippen LogP contribution in [0.15, 0.2) is 24.5 Å². The first-order valence-corrected chi connectivity index (χ1v) is 5.23. The molecule has 2 heterocycles. The summed E-state index contributed by atoms with van der Waals surface area (Å²) in [6.07, 6.45) is 2.94. The zero-order valence-corrected chi connectivity index (χ0v) is 9.14. The maximum Gasteiger partial charge on any atom is 0.359 e. The summed E-state index contributed by atoms with van der Waals surface area (Å²) in [4.78, 5) is 26.2. The molecule has 0 unspecified atom stereocenters. The van der Waals surface area contributed by atoms with Crippen molar-refractivity contribution < 1.29 is 14.7 Å². The molecule has 86 valence electrons. The Morgan fingerprint density at radius 3 is 2.65 bits per heavy atom. The number of carboxylic acid groups (broad SMARTS) is 1. The van der Waals surface area contributed by atoms with E-state index in [2.05, 4.69) is 19.9 Å². The average Bonchev–Trinajstić information content (AvgIpc) is 2.78. The van der Waals surface area contributed by atoms with E-state index in [1.165, 1.54) is 24.5 Å². The van der Waals surface area contributed by atoms with Crippen molar-refractivity contribution in [1.82, 2.24) is 14.6 Å². The fraction of sp³-hybridized carbons (Fsp3) is 0. The number of anilines is 1. The molecule has 0 fully saturated rings. The minimum Gasteiger partial charge on any atom is -0.476 e. The van der Waals surface area contributed by atoms with Gasteiger partial charge < -0.3 is 10.4 Å². The quantitative estimate of drug-likeness (QED) is 0.837. The molecule has 2 aromatic heterocycles. The number of hydrogen-bond acceptors (Lipinski definition) is 6. The Labute approximate surface area is 99.3 Å². The van der Waals surface area contributed by atoms with Crippen molar-refractivity contribution in [2.45, 2.75) is 0 Å². The van der Waals surface area contributed by atoms with Crippen molar-refractivity contribution in [1.29, 1.82) is 0 Å². The van der Waals surface area contributed by atoms with Crippen molar-refractivity contribution in [2.24, 2.45) is 0 Å². The maximum atomic E-state index is 11.7. The number of nitrogens with one attached hydrogen (secondary N) is 1. The SMILES string of the molecule is O=C(Nc1snnc1C(=O)O)c1ccncc1. The lowest BCUT2D eigenvalue weighted by atomic mass is 10.2. The maximum absolute atomic E-state index is 11.7. The highest BCUT2D eigenvalue weighted by Crippen LogP contribution is 2.18. The third-order valence-electron chi connectivity index (χ3n) is 1.86. The first-order chi connectivity index (χ1) is 8.18. The standard InChI is InChI=1S/C9H6N4O3S/c14-7(5-1-3-10-4-2-5)11-8-6(9(15)16)12-13-17-8/h1-4H,(H,11,14)(H,15,16). The molecular formula is C9H6N4O3S. The van der Waals surface area contributed by atoms with Crippen LogP contribution in [0.5, 0.6) is 0 Å². The summed E-state index contributed by atoms with van der Waals surface area (Å²) in [5.41, 5.74) is 0.113. The van der Waals surface area contributed by atoms with E-state index in [0.29, 0.717) is 5.56 Å². The van der Waals surface area contributed by atoms with Gasteiger partial charge in [-0.1, -0.05) is 4.49 Å². The fourth-order valence-corrected chi connectivity index (χ4v) is 1.65. The first-order valence-electron chi connectivity index (χ1n) is 4.45. The number of nitrogens with zero attached hydrogens (tertiary/aromatic N) is 3. The van der Waals surface area contributed by atoms with E-state index in [-0.39, 0.29) is 10.7 Å². The summed E-state index contributed by atoms with van der Waals surface area (Å²) in [7, 11) is 0. The third-order valence-corrected chi connectivity index (χ3v) is 2.50. The Hall–Kier alpha value is -2.35. The average molecular weight is 250 g/mol. The Morgan fingerprint density at radius 1 is 1.29 bits per heavy atom. The summed E-state index contributed by atoms with van der Waals surface area (Å²) >= 11 is 0.811. The number of pyridine rings is 1. The molecule has 8 heteroatoms. The van der Waals surface area contributed by atoms with Gasteiger partial charge in [-0.3, -0.25) is 9.78 Å². The lowest BCUT2D eigenvalue weighted by Crippen LogP contribution is -2.13. The van der Waals surface area contributed by atoms with Crippen LogP contribution in [-0.4, -0.2) is 31.6 Å². The molecule has 1 amide bonds. The van der Waals surface area contributed by atoms with Crippen LogP contribution in [0.4, 0.5) is 5.00 Å². The van der Waals surface area contributed by atoms with Crippen molar-refractivity contribution in [2.75, 3.05) is 5.32 Å². The number of hydrogen-bond donors (Lipinski definition) is 2. The summed E-state index contributed by atoms with van der Waals surface area (Å²) in [6.45, 7) is 0. The van der Waals surface area contributed by atoms with E-state index in [4.69, 9.17) is 5.11 Å². The van der Waals surface area contributed by atoms with Gasteiger partial charge in [0.05, 0.1) is 0 Å². The van der Waals surface area contributed by atoms with E-state index in [0.717, 1.165) is 11.5 Å². The van der Waals surface area contributed by atoms with Crippen LogP contribution in [0.2, 0.25) is 0 Å². The minimum atomic E-state index is -1.23. The van der Waals surface area contributed by atoms with Gasteiger partial charge in [0.15, 0.2) is 5.00 Å². The van der Waals surface area contributed by atoms with Crippen LogP contribution in [-0.2, 0) is 0 Å². The largest absolute Gasteiger partial charge is 0.476 e. The zero-order valence-electron chi connectivity index (χ0n) is 8.32. The molecule has 2 N–H and O–H groups in total. The molecule has 0 saturated carbocycles. The Morgan fingerprint density at radius 2 is 2.00 bits per heavy atom. The molecule has 0 aromatic carbocycles. The van der Waals surface area contributed by atoms with Crippen LogP contribution in [0.3, 0.4) is 0 Å². The highest BCUT2D eigenvalue weighted by Gasteiger charge is 2.17. The summed E-state index contributed by atoms with van der Waals surface area (Å²) in [5.74, 6) is -1.66. The predicted octanol–water partition coefficient (Wildman–Crippen LogP) is 0.884. The van der Waals surface area contributed by atoms with E-state index in [1.807, 2.05) is 0 Å². The molecule has 0 spiro atoms. The normalized spacial score (nSPS) is 9.88. The highest BCUT2D eigenvalue weighted by molar-refractivity contribution is 7.10. The van der Waals surface area contributed by atoms with Crippen LogP contribution in [0, 0.1) is 0 Å². The van der Waals surface area contributed by atoms with Crippen LogP contribution in [0.1, 0.15) is 20.8 Å². The van der Waals surface area contributed by atoms with E-state index >= 15 is 0 Å². The van der Waals surface area contributed by atoms with Gasteiger partial charge >= 0.3 is 5.97 Å². The van der Waals surface area contributed by atoms with Crippen LogP contribution < -0.4 is 5.32 Å². The monoisotopic (exact) mass is 250 g/mol. The number of aromatic nitrogens is 3. The van der Waals surface area contributed by atoms with Crippen molar-refractivity contribution >= 4 is 28.4 Å². The number of rotatable bonds is 3. The van der Waals surface area contributed by atoms with Gasteiger partial charge in [0.25, 0.3) is 5.91 Å². The van der Waals surface area contributed by atoms with Gasteiger partial charge in [-0.25, -0.2) is 4.79 Å². The number of aromatic carboxylic acids is 1. The lowest BCUT2D eigenvalue weighted by molar-refractivity contribution is 0.0691. The smallest absolute Gasteiger partial charge is 0.359 e. The molecule has 2 rings (SSSR count). The first kappa shape index (κ1) is 11.1. The van der Waals surface area contributed by atoms with Gasteiger partial charge in [0.2, 0.25) is 5.69 Å². The predicted molar refractivity (Wildman–Crippen MR) is 59.1 cm³/mol. The number of amides is 1. The van der Waals surface area contributed by atoms with Gasteiger partial charge in [0.1, 0.15) is 0 Å². The van der Waals surface area contributed by atoms with Gasteiger partial charge in [-0.15, -0.1) is 5.10 Å². The molecule has 0 bridgehead atoms. The Kier molecular flexibility index (Phi) is 3.06. The topological polar surface area (TPSA) is 105 Å². The zero-order chi connectivity index (χ0) is 12.3. The molecule has 17 heavy (non-hydrogen) atoms. The molecule has 0 saturated heterocycles. The summed E-state index contributed by atoms with van der Waals surface area (Å²) < 4.78 is 3.47. The number of carbonyl (C=O) groups excluding carboxylic acids is 1. The molecular weight excluding hydrogens is 244 g/mol. The minimum absolute atomic E-state index is 0.110. The molecule has 0 aliphatic heterocycles. The van der Waals surface area contributed by atoms with Gasteiger partial charge in [-0.05, 0) is 12.1 Å². The molecule has 0 aliphatic carbocycles.